The summed E-state index contributed by atoms with van der Waals surface area (Å²) >= 11 is 0.967. The monoisotopic (exact) mass is 492 g/mol. The largest absolute Gasteiger partial charge is 0.464 e. The SMILES string of the molecule is CCOC(=O)C(COCc1ccccc1)NC(=O)C1(NC(=O)C(SC(C)=O)C(C)C)CCCC1. The van der Waals surface area contributed by atoms with Gasteiger partial charge in [-0.3, -0.25) is 14.4 Å². The van der Waals surface area contributed by atoms with Gasteiger partial charge < -0.3 is 20.1 Å². The number of hydrogen-bond donors (Lipinski definition) is 2. The first-order valence-electron chi connectivity index (χ1n) is 11.8. The summed E-state index contributed by atoms with van der Waals surface area (Å²) in [4.78, 5) is 50.6. The summed E-state index contributed by atoms with van der Waals surface area (Å²) in [6, 6.07) is 8.50. The third-order valence-corrected chi connectivity index (χ3v) is 7.03. The average molecular weight is 493 g/mol. The quantitative estimate of drug-likeness (QED) is 0.432. The molecule has 2 unspecified atom stereocenters. The minimum absolute atomic E-state index is 0.0572. The zero-order valence-corrected chi connectivity index (χ0v) is 21.2. The van der Waals surface area contributed by atoms with Gasteiger partial charge in [0.15, 0.2) is 11.2 Å². The standard InChI is InChI=1S/C25H36N2O6S/c1-5-33-23(30)20(16-32-15-19-11-7-6-8-12-19)26-24(31)25(13-9-10-14-25)27-22(29)21(17(2)3)34-18(4)28/h6-8,11-12,17,20-21H,5,9-10,13-16H2,1-4H3,(H,26,31)(H,27,29). The van der Waals surface area contributed by atoms with Gasteiger partial charge in [0.2, 0.25) is 11.8 Å². The normalized spacial score (nSPS) is 16.5. The second-order valence-electron chi connectivity index (χ2n) is 8.83. The number of nitrogens with one attached hydrogen (secondary N) is 2. The van der Waals surface area contributed by atoms with Gasteiger partial charge in [-0.15, -0.1) is 0 Å². The molecule has 1 aliphatic carbocycles. The molecule has 0 radical (unpaired) electrons. The molecule has 2 atom stereocenters. The molecule has 0 heterocycles. The Morgan fingerprint density at radius 1 is 1.09 bits per heavy atom. The van der Waals surface area contributed by atoms with E-state index in [1.54, 1.807) is 6.92 Å². The highest BCUT2D eigenvalue weighted by molar-refractivity contribution is 8.14. The maximum absolute atomic E-state index is 13.4. The van der Waals surface area contributed by atoms with E-state index in [0.29, 0.717) is 12.8 Å². The van der Waals surface area contributed by atoms with Crippen molar-refractivity contribution in [3.63, 3.8) is 0 Å². The number of esters is 1. The molecular formula is C25H36N2O6S. The topological polar surface area (TPSA) is 111 Å². The lowest BCUT2D eigenvalue weighted by atomic mass is 9.94. The van der Waals surface area contributed by atoms with Gasteiger partial charge in [-0.2, -0.15) is 0 Å². The molecular weight excluding hydrogens is 456 g/mol. The molecule has 1 aromatic carbocycles. The first kappa shape index (κ1) is 27.9. The van der Waals surface area contributed by atoms with Crippen LogP contribution in [0.3, 0.4) is 0 Å². The van der Waals surface area contributed by atoms with Crippen LogP contribution >= 0.6 is 11.8 Å². The van der Waals surface area contributed by atoms with Crippen molar-refractivity contribution in [2.24, 2.45) is 5.92 Å². The van der Waals surface area contributed by atoms with Crippen LogP contribution in [0.25, 0.3) is 0 Å². The zero-order chi connectivity index (χ0) is 25.1. The summed E-state index contributed by atoms with van der Waals surface area (Å²) in [5.41, 5.74) is -0.190. The third-order valence-electron chi connectivity index (χ3n) is 5.68. The first-order chi connectivity index (χ1) is 16.2. The van der Waals surface area contributed by atoms with Gasteiger partial charge in [0.25, 0.3) is 0 Å². The lowest BCUT2D eigenvalue weighted by Crippen LogP contribution is -2.62. The molecule has 188 valence electrons. The molecule has 1 saturated carbocycles. The van der Waals surface area contributed by atoms with Gasteiger partial charge in [-0.25, -0.2) is 4.79 Å². The van der Waals surface area contributed by atoms with E-state index in [2.05, 4.69) is 10.6 Å². The Morgan fingerprint density at radius 3 is 2.29 bits per heavy atom. The fourth-order valence-electron chi connectivity index (χ4n) is 3.94. The van der Waals surface area contributed by atoms with E-state index in [4.69, 9.17) is 9.47 Å². The van der Waals surface area contributed by atoms with Crippen LogP contribution in [0.15, 0.2) is 30.3 Å². The zero-order valence-electron chi connectivity index (χ0n) is 20.4. The summed E-state index contributed by atoms with van der Waals surface area (Å²) in [5.74, 6) is -1.46. The van der Waals surface area contributed by atoms with Crippen molar-refractivity contribution >= 4 is 34.7 Å². The summed E-state index contributed by atoms with van der Waals surface area (Å²) in [5, 5.41) is 4.92. The Kier molecular flexibility index (Phi) is 11.0. The molecule has 0 saturated heterocycles. The van der Waals surface area contributed by atoms with Crippen molar-refractivity contribution in [3.8, 4) is 0 Å². The molecule has 2 amide bonds. The van der Waals surface area contributed by atoms with Crippen LogP contribution in [0.1, 0.15) is 58.9 Å². The Hall–Kier alpha value is -2.39. The van der Waals surface area contributed by atoms with E-state index in [9.17, 15) is 19.2 Å². The van der Waals surface area contributed by atoms with Crippen LogP contribution < -0.4 is 10.6 Å². The Bertz CT molecular complexity index is 839. The van der Waals surface area contributed by atoms with Gasteiger partial charge >= 0.3 is 5.97 Å². The smallest absolute Gasteiger partial charge is 0.331 e. The van der Waals surface area contributed by atoms with Crippen LogP contribution in [-0.4, -0.2) is 52.9 Å². The van der Waals surface area contributed by atoms with Crippen molar-refractivity contribution in [1.29, 1.82) is 0 Å². The highest BCUT2D eigenvalue weighted by Crippen LogP contribution is 2.31. The van der Waals surface area contributed by atoms with Crippen LogP contribution in [-0.2, 0) is 35.3 Å². The lowest BCUT2D eigenvalue weighted by molar-refractivity contribution is -0.150. The van der Waals surface area contributed by atoms with Gasteiger partial charge in [0.05, 0.1) is 25.1 Å². The summed E-state index contributed by atoms with van der Waals surface area (Å²) in [6.45, 7) is 7.24. The van der Waals surface area contributed by atoms with Crippen LogP contribution in [0.5, 0.6) is 0 Å². The van der Waals surface area contributed by atoms with E-state index >= 15 is 0 Å². The summed E-state index contributed by atoms with van der Waals surface area (Å²) in [7, 11) is 0. The fourth-order valence-corrected chi connectivity index (χ4v) is 4.74. The molecule has 2 N–H and O–H groups in total. The minimum atomic E-state index is -1.13. The van der Waals surface area contributed by atoms with Gasteiger partial charge in [-0.1, -0.05) is 68.8 Å². The van der Waals surface area contributed by atoms with Gasteiger partial charge in [-0.05, 0) is 31.2 Å². The Balaban J connectivity index is 2.11. The fraction of sp³-hybridized carbons (Fsp3) is 0.600. The maximum Gasteiger partial charge on any atom is 0.331 e. The predicted octanol–water partition coefficient (Wildman–Crippen LogP) is 2.98. The van der Waals surface area contributed by atoms with Crippen LogP contribution in [0.4, 0.5) is 0 Å². The van der Waals surface area contributed by atoms with E-state index in [0.717, 1.165) is 30.2 Å². The van der Waals surface area contributed by atoms with Crippen molar-refractivity contribution in [1.82, 2.24) is 10.6 Å². The molecule has 0 bridgehead atoms. The molecule has 1 fully saturated rings. The van der Waals surface area contributed by atoms with Crippen molar-refractivity contribution in [2.45, 2.75) is 76.8 Å². The number of hydrogen-bond acceptors (Lipinski definition) is 7. The summed E-state index contributed by atoms with van der Waals surface area (Å²) < 4.78 is 10.8. The molecule has 0 aliphatic heterocycles. The summed E-state index contributed by atoms with van der Waals surface area (Å²) in [6.07, 6.45) is 2.46. The van der Waals surface area contributed by atoms with Crippen LogP contribution in [0.2, 0.25) is 0 Å². The first-order valence-corrected chi connectivity index (χ1v) is 12.6. The Morgan fingerprint density at radius 2 is 1.74 bits per heavy atom. The molecule has 2 rings (SSSR count). The lowest BCUT2D eigenvalue weighted by Gasteiger charge is -2.32. The minimum Gasteiger partial charge on any atom is -0.464 e. The molecule has 34 heavy (non-hydrogen) atoms. The molecule has 1 aliphatic rings. The van der Waals surface area contributed by atoms with Gasteiger partial charge in [0, 0.05) is 6.92 Å². The molecule has 0 aromatic heterocycles. The molecule has 0 spiro atoms. The third kappa shape index (κ3) is 8.13. The molecule has 9 heteroatoms. The second-order valence-corrected chi connectivity index (χ2v) is 10.1. The molecule has 1 aromatic rings. The van der Waals surface area contributed by atoms with Gasteiger partial charge in [0.1, 0.15) is 5.54 Å². The number of amides is 2. The number of rotatable bonds is 12. The van der Waals surface area contributed by atoms with E-state index < -0.39 is 28.7 Å². The van der Waals surface area contributed by atoms with E-state index in [1.807, 2.05) is 44.2 Å². The number of ether oxygens (including phenoxy) is 2. The van der Waals surface area contributed by atoms with E-state index in [-0.39, 0.29) is 36.8 Å². The van der Waals surface area contributed by atoms with E-state index in [1.165, 1.54) is 6.92 Å². The average Bonchev–Trinajstić information content (AvgIpc) is 3.27. The maximum atomic E-state index is 13.4. The number of thioether (sulfide) groups is 1. The highest BCUT2D eigenvalue weighted by atomic mass is 32.2. The second kappa shape index (κ2) is 13.5. The predicted molar refractivity (Wildman–Crippen MR) is 131 cm³/mol. The van der Waals surface area contributed by atoms with Crippen molar-refractivity contribution < 1.29 is 28.7 Å². The number of benzene rings is 1. The van der Waals surface area contributed by atoms with Crippen molar-refractivity contribution in [3.05, 3.63) is 35.9 Å². The van der Waals surface area contributed by atoms with Crippen molar-refractivity contribution in [2.75, 3.05) is 13.2 Å². The Labute approximate surface area is 205 Å². The number of carbonyl (C=O) groups is 4. The molecule has 8 nitrogen and oxygen atoms in total. The highest BCUT2D eigenvalue weighted by Gasteiger charge is 2.45. The number of carbonyl (C=O) groups excluding carboxylic acids is 4. The van der Waals surface area contributed by atoms with Crippen LogP contribution in [0, 0.1) is 5.92 Å².